The van der Waals surface area contributed by atoms with Gasteiger partial charge in [0.25, 0.3) is 0 Å². The number of carboxylic acids is 1. The molecule has 2 aromatic rings. The molecule has 0 atom stereocenters. The lowest BCUT2D eigenvalue weighted by molar-refractivity contribution is 0.0697. The van der Waals surface area contributed by atoms with E-state index in [1.54, 1.807) is 18.2 Å². The van der Waals surface area contributed by atoms with Crippen molar-refractivity contribution in [3.63, 3.8) is 0 Å². The van der Waals surface area contributed by atoms with Crippen molar-refractivity contribution in [2.75, 3.05) is 6.61 Å². The van der Waals surface area contributed by atoms with Crippen LogP contribution in [0.25, 0.3) is 11.0 Å². The maximum absolute atomic E-state index is 11.2. The summed E-state index contributed by atoms with van der Waals surface area (Å²) in [6, 6.07) is 5.06. The topological polar surface area (TPSA) is 75.3 Å². The molecule has 1 saturated carbocycles. The van der Waals surface area contributed by atoms with Gasteiger partial charge >= 0.3 is 5.97 Å². The van der Waals surface area contributed by atoms with Gasteiger partial charge in [-0.2, -0.15) is 0 Å². The van der Waals surface area contributed by atoms with Gasteiger partial charge in [-0.05, 0) is 37.5 Å². The number of aryl methyl sites for hydroxylation is 1. The summed E-state index contributed by atoms with van der Waals surface area (Å²) < 4.78 is 2.11. The van der Waals surface area contributed by atoms with E-state index in [4.69, 9.17) is 5.11 Å². The van der Waals surface area contributed by atoms with E-state index < -0.39 is 5.97 Å². The first kappa shape index (κ1) is 14.1. The van der Waals surface area contributed by atoms with Crippen LogP contribution in [0.5, 0.6) is 0 Å². The zero-order valence-electron chi connectivity index (χ0n) is 12.2. The molecule has 2 N–H and O–H groups in total. The second-order valence-electron chi connectivity index (χ2n) is 6.03. The highest BCUT2D eigenvalue weighted by Gasteiger charge is 2.42. The van der Waals surface area contributed by atoms with Crippen LogP contribution in [0.3, 0.4) is 0 Å². The third kappa shape index (κ3) is 2.53. The van der Waals surface area contributed by atoms with Gasteiger partial charge in [-0.1, -0.05) is 6.92 Å². The van der Waals surface area contributed by atoms with E-state index >= 15 is 0 Å². The number of carboxylic acid groups (broad SMARTS) is 1. The maximum Gasteiger partial charge on any atom is 0.335 e. The van der Waals surface area contributed by atoms with Gasteiger partial charge in [-0.25, -0.2) is 9.78 Å². The average molecular weight is 288 g/mol. The molecule has 112 valence electrons. The Morgan fingerprint density at radius 2 is 2.19 bits per heavy atom. The number of aliphatic hydroxyl groups is 1. The van der Waals surface area contributed by atoms with Crippen LogP contribution in [0, 0.1) is 5.41 Å². The van der Waals surface area contributed by atoms with Crippen LogP contribution < -0.4 is 0 Å². The summed E-state index contributed by atoms with van der Waals surface area (Å²) in [5.74, 6) is 0.0553. The molecule has 1 heterocycles. The fourth-order valence-corrected chi connectivity index (χ4v) is 2.77. The van der Waals surface area contributed by atoms with Crippen LogP contribution >= 0.6 is 0 Å². The summed E-state index contributed by atoms with van der Waals surface area (Å²) in [4.78, 5) is 15.8. The molecular weight excluding hydrogens is 268 g/mol. The number of benzene rings is 1. The highest BCUT2D eigenvalue weighted by molar-refractivity contribution is 5.92. The van der Waals surface area contributed by atoms with Gasteiger partial charge in [0, 0.05) is 18.4 Å². The Bertz CT molecular complexity index is 686. The number of imidazole rings is 1. The standard InChI is InChI=1S/C16H20N2O3/c1-2-3-14-17-12-5-4-11(15(20)21)8-13(12)18(14)9-16(10-19)6-7-16/h4-5,8,19H,2-3,6-7,9-10H2,1H3,(H,20,21). The molecule has 21 heavy (non-hydrogen) atoms. The van der Waals surface area contributed by atoms with Gasteiger partial charge in [-0.15, -0.1) is 0 Å². The zero-order chi connectivity index (χ0) is 15.0. The van der Waals surface area contributed by atoms with Crippen LogP contribution in [0.2, 0.25) is 0 Å². The Hall–Kier alpha value is -1.88. The molecule has 3 rings (SSSR count). The van der Waals surface area contributed by atoms with Crippen LogP contribution in [0.4, 0.5) is 0 Å². The van der Waals surface area contributed by atoms with E-state index in [1.807, 2.05) is 0 Å². The average Bonchev–Trinajstić information content (AvgIpc) is 3.17. The van der Waals surface area contributed by atoms with Crippen molar-refractivity contribution in [1.82, 2.24) is 9.55 Å². The largest absolute Gasteiger partial charge is 0.478 e. The zero-order valence-corrected chi connectivity index (χ0v) is 12.2. The summed E-state index contributed by atoms with van der Waals surface area (Å²) in [6.45, 7) is 3.00. The Morgan fingerprint density at radius 3 is 2.76 bits per heavy atom. The first-order valence-corrected chi connectivity index (χ1v) is 7.42. The van der Waals surface area contributed by atoms with Crippen LogP contribution in [-0.2, 0) is 13.0 Å². The summed E-state index contributed by atoms with van der Waals surface area (Å²) in [5, 5.41) is 18.7. The van der Waals surface area contributed by atoms with Crippen LogP contribution in [0.15, 0.2) is 18.2 Å². The molecular formula is C16H20N2O3. The summed E-state index contributed by atoms with van der Waals surface area (Å²) in [7, 11) is 0. The second kappa shape index (κ2) is 5.15. The molecule has 0 unspecified atom stereocenters. The first-order chi connectivity index (χ1) is 10.1. The molecule has 1 aromatic carbocycles. The number of aromatic carboxylic acids is 1. The van der Waals surface area contributed by atoms with E-state index in [0.717, 1.165) is 49.1 Å². The van der Waals surface area contributed by atoms with E-state index in [9.17, 15) is 9.90 Å². The molecule has 1 aliphatic rings. The van der Waals surface area contributed by atoms with Crippen LogP contribution in [-0.4, -0.2) is 32.3 Å². The predicted molar refractivity (Wildman–Crippen MR) is 79.4 cm³/mol. The molecule has 0 aliphatic heterocycles. The number of fused-ring (bicyclic) bond motifs is 1. The number of carbonyl (C=O) groups is 1. The van der Waals surface area contributed by atoms with Crippen molar-refractivity contribution in [2.24, 2.45) is 5.41 Å². The second-order valence-corrected chi connectivity index (χ2v) is 6.03. The smallest absolute Gasteiger partial charge is 0.335 e. The number of hydrogen-bond donors (Lipinski definition) is 2. The van der Waals surface area contributed by atoms with E-state index in [2.05, 4.69) is 16.5 Å². The quantitative estimate of drug-likeness (QED) is 0.856. The highest BCUT2D eigenvalue weighted by atomic mass is 16.4. The lowest BCUT2D eigenvalue weighted by Crippen LogP contribution is -2.17. The van der Waals surface area contributed by atoms with Crippen molar-refractivity contribution in [3.8, 4) is 0 Å². The predicted octanol–water partition coefficient (Wildman–Crippen LogP) is 2.46. The van der Waals surface area contributed by atoms with Crippen LogP contribution in [0.1, 0.15) is 42.4 Å². The van der Waals surface area contributed by atoms with Gasteiger partial charge in [0.2, 0.25) is 0 Å². The van der Waals surface area contributed by atoms with Gasteiger partial charge in [-0.3, -0.25) is 0 Å². The fraction of sp³-hybridized carbons (Fsp3) is 0.500. The minimum atomic E-state index is -0.926. The number of aromatic nitrogens is 2. The maximum atomic E-state index is 11.2. The Morgan fingerprint density at radius 1 is 1.43 bits per heavy atom. The van der Waals surface area contributed by atoms with E-state index in [1.165, 1.54) is 0 Å². The molecule has 0 saturated heterocycles. The van der Waals surface area contributed by atoms with Crippen molar-refractivity contribution < 1.29 is 15.0 Å². The number of aliphatic hydroxyl groups excluding tert-OH is 1. The van der Waals surface area contributed by atoms with Crippen molar-refractivity contribution in [2.45, 2.75) is 39.2 Å². The minimum absolute atomic E-state index is 0.0324. The third-order valence-electron chi connectivity index (χ3n) is 4.33. The third-order valence-corrected chi connectivity index (χ3v) is 4.33. The van der Waals surface area contributed by atoms with Gasteiger partial charge in [0.1, 0.15) is 5.82 Å². The lowest BCUT2D eigenvalue weighted by atomic mass is 10.1. The number of rotatable bonds is 6. The molecule has 0 amide bonds. The highest BCUT2D eigenvalue weighted by Crippen LogP contribution is 2.47. The van der Waals surface area contributed by atoms with Gasteiger partial charge in [0.15, 0.2) is 0 Å². The lowest BCUT2D eigenvalue weighted by Gasteiger charge is -2.16. The van der Waals surface area contributed by atoms with E-state index in [-0.39, 0.29) is 17.6 Å². The van der Waals surface area contributed by atoms with Crippen molar-refractivity contribution in [1.29, 1.82) is 0 Å². The first-order valence-electron chi connectivity index (χ1n) is 7.42. The molecule has 0 radical (unpaired) electrons. The number of hydrogen-bond acceptors (Lipinski definition) is 3. The van der Waals surface area contributed by atoms with Crippen molar-refractivity contribution in [3.05, 3.63) is 29.6 Å². The molecule has 0 spiro atoms. The Labute approximate surface area is 123 Å². The summed E-state index contributed by atoms with van der Waals surface area (Å²) in [6.07, 6.45) is 3.89. The molecule has 0 bridgehead atoms. The molecule has 1 fully saturated rings. The molecule has 1 aromatic heterocycles. The Kier molecular flexibility index (Phi) is 3.45. The van der Waals surface area contributed by atoms with Gasteiger partial charge in [0.05, 0.1) is 23.2 Å². The fourth-order valence-electron chi connectivity index (χ4n) is 2.77. The van der Waals surface area contributed by atoms with Gasteiger partial charge < -0.3 is 14.8 Å². The SMILES string of the molecule is CCCc1nc2ccc(C(=O)O)cc2n1CC1(CO)CC1. The van der Waals surface area contributed by atoms with Crippen molar-refractivity contribution >= 4 is 17.0 Å². The Balaban J connectivity index is 2.09. The normalized spacial score (nSPS) is 16.3. The minimum Gasteiger partial charge on any atom is -0.478 e. The van der Waals surface area contributed by atoms with E-state index in [0.29, 0.717) is 0 Å². The molecule has 5 nitrogen and oxygen atoms in total. The molecule has 5 heteroatoms. The monoisotopic (exact) mass is 288 g/mol. The summed E-state index contributed by atoms with van der Waals surface area (Å²) >= 11 is 0. The number of nitrogens with zero attached hydrogens (tertiary/aromatic N) is 2. The summed E-state index contributed by atoms with van der Waals surface area (Å²) in [5.41, 5.74) is 1.94. The molecule has 1 aliphatic carbocycles.